The van der Waals surface area contributed by atoms with Crippen molar-refractivity contribution in [3.63, 3.8) is 0 Å². The summed E-state index contributed by atoms with van der Waals surface area (Å²) in [6.07, 6.45) is 1.78. The van der Waals surface area contributed by atoms with Gasteiger partial charge in [-0.05, 0) is 24.3 Å². The molecular formula is C23H21N5. The highest BCUT2D eigenvalue weighted by Gasteiger charge is 2.11. The Morgan fingerprint density at radius 3 is 2.25 bits per heavy atom. The van der Waals surface area contributed by atoms with Crippen molar-refractivity contribution < 1.29 is 0 Å². The van der Waals surface area contributed by atoms with Crippen LogP contribution in [-0.4, -0.2) is 22.0 Å². The van der Waals surface area contributed by atoms with Crippen LogP contribution in [0.2, 0.25) is 0 Å². The van der Waals surface area contributed by atoms with Gasteiger partial charge in [0.25, 0.3) is 0 Å². The normalized spacial score (nSPS) is 10.5. The van der Waals surface area contributed by atoms with E-state index in [1.807, 2.05) is 67.7 Å². The monoisotopic (exact) mass is 367 g/mol. The molecular weight excluding hydrogens is 346 g/mol. The molecule has 0 saturated heterocycles. The van der Waals surface area contributed by atoms with Gasteiger partial charge in [0.1, 0.15) is 5.82 Å². The predicted octanol–water partition coefficient (Wildman–Crippen LogP) is 4.92. The molecule has 2 aromatic heterocycles. The van der Waals surface area contributed by atoms with E-state index in [0.717, 1.165) is 28.5 Å². The lowest BCUT2D eigenvalue weighted by molar-refractivity contribution is 0.993. The van der Waals surface area contributed by atoms with Crippen molar-refractivity contribution in [1.29, 1.82) is 0 Å². The quantitative estimate of drug-likeness (QED) is 0.524. The molecule has 0 spiro atoms. The molecule has 2 aromatic carbocycles. The van der Waals surface area contributed by atoms with E-state index in [1.165, 1.54) is 0 Å². The van der Waals surface area contributed by atoms with E-state index in [1.54, 1.807) is 6.20 Å². The molecule has 0 radical (unpaired) electrons. The van der Waals surface area contributed by atoms with Gasteiger partial charge in [-0.1, -0.05) is 54.6 Å². The number of rotatable bonds is 6. The number of hydrogen-bond acceptors (Lipinski definition) is 5. The molecule has 4 rings (SSSR count). The molecule has 0 fully saturated rings. The third-order valence-corrected chi connectivity index (χ3v) is 4.42. The van der Waals surface area contributed by atoms with E-state index >= 15 is 0 Å². The van der Waals surface area contributed by atoms with Gasteiger partial charge in [-0.25, -0.2) is 4.98 Å². The molecule has 0 bridgehead atoms. The number of hydrogen-bond donors (Lipinski definition) is 1. The first kappa shape index (κ1) is 17.7. The first-order valence-corrected chi connectivity index (χ1v) is 9.17. The number of pyridine rings is 1. The second-order valence-corrected chi connectivity index (χ2v) is 6.37. The molecule has 28 heavy (non-hydrogen) atoms. The molecule has 0 saturated carbocycles. The average molecular weight is 367 g/mol. The number of aromatic nitrogens is 3. The van der Waals surface area contributed by atoms with Gasteiger partial charge in [-0.3, -0.25) is 4.98 Å². The van der Waals surface area contributed by atoms with Crippen LogP contribution in [0.15, 0.2) is 91.1 Å². The predicted molar refractivity (Wildman–Crippen MR) is 114 cm³/mol. The number of para-hydroxylation sites is 1. The summed E-state index contributed by atoms with van der Waals surface area (Å²) < 4.78 is 0. The third kappa shape index (κ3) is 4.15. The van der Waals surface area contributed by atoms with Crippen molar-refractivity contribution in [2.45, 2.75) is 6.54 Å². The molecule has 0 aliphatic carbocycles. The SMILES string of the molecule is CN(c1ccccc1)c1cc(-c2ccccc2)nc(NCc2ccccn2)n1. The molecule has 4 aromatic rings. The second kappa shape index (κ2) is 8.31. The van der Waals surface area contributed by atoms with Crippen molar-refractivity contribution in [3.05, 3.63) is 96.8 Å². The van der Waals surface area contributed by atoms with Crippen LogP contribution < -0.4 is 10.2 Å². The maximum absolute atomic E-state index is 4.73. The third-order valence-electron chi connectivity index (χ3n) is 4.42. The Labute approximate surface area is 164 Å². The number of nitrogens with one attached hydrogen (secondary N) is 1. The van der Waals surface area contributed by atoms with Gasteiger partial charge in [0, 0.05) is 30.6 Å². The maximum atomic E-state index is 4.73. The summed E-state index contributed by atoms with van der Waals surface area (Å²) >= 11 is 0. The highest BCUT2D eigenvalue weighted by molar-refractivity contribution is 5.68. The van der Waals surface area contributed by atoms with Gasteiger partial charge < -0.3 is 10.2 Å². The lowest BCUT2D eigenvalue weighted by Crippen LogP contribution is -2.14. The zero-order valence-electron chi connectivity index (χ0n) is 15.7. The van der Waals surface area contributed by atoms with Gasteiger partial charge in [-0.2, -0.15) is 4.98 Å². The van der Waals surface area contributed by atoms with Gasteiger partial charge in [-0.15, -0.1) is 0 Å². The standard InChI is InChI=1S/C23H21N5/c1-28(20-13-6-3-7-14-20)22-16-21(18-10-4-2-5-11-18)26-23(27-22)25-17-19-12-8-9-15-24-19/h2-16H,17H2,1H3,(H,25,26,27). The summed E-state index contributed by atoms with van der Waals surface area (Å²) in [4.78, 5) is 15.9. The largest absolute Gasteiger partial charge is 0.348 e. The van der Waals surface area contributed by atoms with Gasteiger partial charge in [0.2, 0.25) is 5.95 Å². The molecule has 0 amide bonds. The van der Waals surface area contributed by atoms with E-state index in [9.17, 15) is 0 Å². The summed E-state index contributed by atoms with van der Waals surface area (Å²) in [6, 6.07) is 28.2. The smallest absolute Gasteiger partial charge is 0.225 e. The fraction of sp³-hybridized carbons (Fsp3) is 0.0870. The summed E-state index contributed by atoms with van der Waals surface area (Å²) in [5, 5.41) is 3.31. The molecule has 1 N–H and O–H groups in total. The Kier molecular flexibility index (Phi) is 5.24. The van der Waals surface area contributed by atoms with Crippen molar-refractivity contribution >= 4 is 17.5 Å². The van der Waals surface area contributed by atoms with Crippen LogP contribution >= 0.6 is 0 Å². The molecule has 5 nitrogen and oxygen atoms in total. The Morgan fingerprint density at radius 2 is 1.54 bits per heavy atom. The van der Waals surface area contributed by atoms with Crippen LogP contribution in [0.25, 0.3) is 11.3 Å². The molecule has 5 heteroatoms. The maximum Gasteiger partial charge on any atom is 0.225 e. The first-order valence-electron chi connectivity index (χ1n) is 9.17. The Morgan fingerprint density at radius 1 is 0.821 bits per heavy atom. The Balaban J connectivity index is 1.69. The zero-order valence-corrected chi connectivity index (χ0v) is 15.7. The number of benzene rings is 2. The Hall–Kier alpha value is -3.73. The lowest BCUT2D eigenvalue weighted by atomic mass is 10.1. The minimum Gasteiger partial charge on any atom is -0.348 e. The molecule has 0 aliphatic heterocycles. The van der Waals surface area contributed by atoms with Gasteiger partial charge in [0.15, 0.2) is 0 Å². The highest BCUT2D eigenvalue weighted by Crippen LogP contribution is 2.27. The fourth-order valence-electron chi connectivity index (χ4n) is 2.90. The minimum absolute atomic E-state index is 0.563. The summed E-state index contributed by atoms with van der Waals surface area (Å²) in [5.74, 6) is 1.40. The first-order chi connectivity index (χ1) is 13.8. The summed E-state index contributed by atoms with van der Waals surface area (Å²) in [6.45, 7) is 0.563. The summed E-state index contributed by atoms with van der Waals surface area (Å²) in [5.41, 5.74) is 3.93. The van der Waals surface area contributed by atoms with E-state index in [0.29, 0.717) is 12.5 Å². The van der Waals surface area contributed by atoms with Crippen LogP contribution in [-0.2, 0) is 6.54 Å². The fourth-order valence-corrected chi connectivity index (χ4v) is 2.90. The van der Waals surface area contributed by atoms with E-state index < -0.39 is 0 Å². The molecule has 0 atom stereocenters. The van der Waals surface area contributed by atoms with Crippen molar-refractivity contribution in [2.75, 3.05) is 17.3 Å². The van der Waals surface area contributed by atoms with Crippen molar-refractivity contribution in [1.82, 2.24) is 15.0 Å². The van der Waals surface area contributed by atoms with Crippen molar-refractivity contribution in [3.8, 4) is 11.3 Å². The lowest BCUT2D eigenvalue weighted by Gasteiger charge is -2.20. The second-order valence-electron chi connectivity index (χ2n) is 6.37. The summed E-state index contributed by atoms with van der Waals surface area (Å²) in [7, 11) is 2.01. The van der Waals surface area contributed by atoms with E-state index in [-0.39, 0.29) is 0 Å². The van der Waals surface area contributed by atoms with E-state index in [4.69, 9.17) is 9.97 Å². The molecule has 2 heterocycles. The highest BCUT2D eigenvalue weighted by atomic mass is 15.2. The zero-order chi connectivity index (χ0) is 19.2. The van der Waals surface area contributed by atoms with E-state index in [2.05, 4.69) is 39.5 Å². The topological polar surface area (TPSA) is 53.9 Å². The van der Waals surface area contributed by atoms with Crippen molar-refractivity contribution in [2.24, 2.45) is 0 Å². The average Bonchev–Trinajstić information content (AvgIpc) is 2.79. The minimum atomic E-state index is 0.563. The molecule has 0 unspecified atom stereocenters. The van der Waals surface area contributed by atoms with Crippen LogP contribution in [0.3, 0.4) is 0 Å². The molecule has 0 aliphatic rings. The number of anilines is 3. The van der Waals surface area contributed by atoms with Crippen LogP contribution in [0.1, 0.15) is 5.69 Å². The van der Waals surface area contributed by atoms with Crippen LogP contribution in [0.5, 0.6) is 0 Å². The number of nitrogens with zero attached hydrogens (tertiary/aromatic N) is 4. The van der Waals surface area contributed by atoms with Crippen LogP contribution in [0.4, 0.5) is 17.5 Å². The van der Waals surface area contributed by atoms with Gasteiger partial charge in [0.05, 0.1) is 17.9 Å². The van der Waals surface area contributed by atoms with Gasteiger partial charge >= 0.3 is 0 Å². The van der Waals surface area contributed by atoms with Crippen LogP contribution in [0, 0.1) is 0 Å². The molecule has 138 valence electrons. The Bertz CT molecular complexity index is 1020.